The van der Waals surface area contributed by atoms with Gasteiger partial charge in [0.05, 0.1) is 20.2 Å². The van der Waals surface area contributed by atoms with Crippen molar-refractivity contribution in [1.29, 1.82) is 5.26 Å². The van der Waals surface area contributed by atoms with Crippen LogP contribution in [0.25, 0.3) is 0 Å². The third kappa shape index (κ3) is 3.80. The zero-order chi connectivity index (χ0) is 13.0. The summed E-state index contributed by atoms with van der Waals surface area (Å²) in [5, 5.41) is 12.4. The Hall–Kier alpha value is -0.400. The first-order chi connectivity index (χ1) is 8.69. The van der Waals surface area contributed by atoms with Gasteiger partial charge in [0, 0.05) is 11.5 Å². The number of nitrogens with zero attached hydrogens (tertiary/aromatic N) is 2. The van der Waals surface area contributed by atoms with Gasteiger partial charge in [-0.25, -0.2) is 5.43 Å². The Balaban J connectivity index is 1.98. The Morgan fingerprint density at radius 1 is 1.39 bits per heavy atom. The van der Waals surface area contributed by atoms with Crippen LogP contribution in [0.3, 0.4) is 0 Å². The average Bonchev–Trinajstić information content (AvgIpc) is 2.59. The first kappa shape index (κ1) is 14.0. The van der Waals surface area contributed by atoms with E-state index in [0.29, 0.717) is 0 Å². The van der Waals surface area contributed by atoms with E-state index in [0.717, 1.165) is 20.4 Å². The molecule has 2 heterocycles. The van der Waals surface area contributed by atoms with Gasteiger partial charge >= 0.3 is 0 Å². The van der Waals surface area contributed by atoms with Crippen LogP contribution in [-0.4, -0.2) is 23.1 Å². The van der Waals surface area contributed by atoms with Crippen LogP contribution in [0.15, 0.2) is 13.5 Å². The summed E-state index contributed by atoms with van der Waals surface area (Å²) in [6, 6.07) is 1.78. The highest BCUT2D eigenvalue weighted by molar-refractivity contribution is 8.07. The third-order valence-corrected chi connectivity index (χ3v) is 7.56. The minimum absolute atomic E-state index is 0.161. The Morgan fingerprint density at radius 3 is 2.56 bits per heavy atom. The van der Waals surface area contributed by atoms with Gasteiger partial charge in [-0.1, -0.05) is 12.2 Å². The number of carbonyl (C=O) groups excluding carboxylic acids is 1. The molecular formula is C9H7N3OS5. The van der Waals surface area contributed by atoms with Crippen molar-refractivity contribution in [2.45, 2.75) is 14.8 Å². The lowest BCUT2D eigenvalue weighted by Crippen LogP contribution is -2.20. The average molecular weight is 334 g/mol. The molecule has 0 bridgehead atoms. The molecule has 0 spiro atoms. The number of nitriles is 1. The number of fused-ring (bicyclic) bond motifs is 1. The SMILES string of the molecule is N#CCC(=O)NN=C1CSc2sc(=S)sc2SC1. The number of rotatable bonds is 2. The van der Waals surface area contributed by atoms with Gasteiger partial charge in [0.25, 0.3) is 5.91 Å². The molecule has 0 aromatic carbocycles. The van der Waals surface area contributed by atoms with Gasteiger partial charge in [-0.05, 0) is 0 Å². The molecule has 0 saturated carbocycles. The zero-order valence-electron chi connectivity index (χ0n) is 8.97. The largest absolute Gasteiger partial charge is 0.272 e. The quantitative estimate of drug-likeness (QED) is 0.665. The molecule has 0 aliphatic carbocycles. The van der Waals surface area contributed by atoms with Crippen molar-refractivity contribution >= 4 is 70.0 Å². The molecule has 1 aliphatic rings. The minimum atomic E-state index is -0.366. The molecule has 1 aliphatic heterocycles. The van der Waals surface area contributed by atoms with Crippen molar-refractivity contribution in [2.24, 2.45) is 5.10 Å². The number of hydrogen-bond acceptors (Lipinski definition) is 8. The van der Waals surface area contributed by atoms with Crippen molar-refractivity contribution in [3.8, 4) is 6.07 Å². The summed E-state index contributed by atoms with van der Waals surface area (Å²) in [5.41, 5.74) is 3.31. The van der Waals surface area contributed by atoms with Crippen LogP contribution in [0.5, 0.6) is 0 Å². The highest BCUT2D eigenvalue weighted by atomic mass is 32.2. The van der Waals surface area contributed by atoms with E-state index < -0.39 is 0 Å². The number of thioether (sulfide) groups is 2. The van der Waals surface area contributed by atoms with E-state index in [2.05, 4.69) is 10.5 Å². The van der Waals surface area contributed by atoms with Crippen molar-refractivity contribution in [3.05, 3.63) is 3.14 Å². The predicted molar refractivity (Wildman–Crippen MR) is 80.3 cm³/mol. The normalized spacial score (nSPS) is 14.3. The topological polar surface area (TPSA) is 65.2 Å². The summed E-state index contributed by atoms with van der Waals surface area (Å²) < 4.78 is 3.43. The van der Waals surface area contributed by atoms with Gasteiger partial charge in [0.1, 0.15) is 9.56 Å². The molecule has 1 N–H and O–H groups in total. The highest BCUT2D eigenvalue weighted by Crippen LogP contribution is 2.42. The second-order valence-electron chi connectivity index (χ2n) is 3.15. The number of nitrogens with one attached hydrogen (secondary N) is 1. The fourth-order valence-corrected chi connectivity index (χ4v) is 7.18. The first-order valence-electron chi connectivity index (χ1n) is 4.80. The number of amides is 1. The third-order valence-electron chi connectivity index (χ3n) is 1.84. The molecule has 18 heavy (non-hydrogen) atoms. The molecule has 1 aromatic heterocycles. The first-order valence-corrected chi connectivity index (χ1v) is 8.81. The maximum atomic E-state index is 11.1. The second-order valence-corrected chi connectivity index (χ2v) is 8.87. The van der Waals surface area contributed by atoms with Crippen LogP contribution in [0, 0.1) is 14.5 Å². The van der Waals surface area contributed by atoms with Crippen molar-refractivity contribution < 1.29 is 4.79 Å². The van der Waals surface area contributed by atoms with Crippen LogP contribution in [0.2, 0.25) is 0 Å². The maximum Gasteiger partial charge on any atom is 0.254 e. The number of hydrazone groups is 1. The molecule has 1 amide bonds. The number of hydrogen-bond donors (Lipinski definition) is 1. The smallest absolute Gasteiger partial charge is 0.254 e. The lowest BCUT2D eigenvalue weighted by Gasteiger charge is -2.00. The maximum absolute atomic E-state index is 11.1. The summed E-state index contributed by atoms with van der Waals surface area (Å²) in [5.74, 6) is 1.12. The monoisotopic (exact) mass is 333 g/mol. The van der Waals surface area contributed by atoms with Crippen LogP contribution in [0.1, 0.15) is 6.42 Å². The van der Waals surface area contributed by atoms with Crippen molar-refractivity contribution in [1.82, 2.24) is 5.43 Å². The van der Waals surface area contributed by atoms with E-state index in [1.54, 1.807) is 52.3 Å². The van der Waals surface area contributed by atoms with E-state index in [1.165, 1.54) is 8.42 Å². The zero-order valence-corrected chi connectivity index (χ0v) is 13.0. The van der Waals surface area contributed by atoms with Gasteiger partial charge in [-0.15, -0.1) is 46.2 Å². The molecule has 2 rings (SSSR count). The Morgan fingerprint density at radius 2 is 2.00 bits per heavy atom. The van der Waals surface area contributed by atoms with Gasteiger partial charge in [-0.3, -0.25) is 4.79 Å². The van der Waals surface area contributed by atoms with Crippen molar-refractivity contribution in [3.63, 3.8) is 0 Å². The summed E-state index contributed by atoms with van der Waals surface area (Å²) in [6.07, 6.45) is -0.161. The lowest BCUT2D eigenvalue weighted by molar-refractivity contribution is -0.120. The Labute approximate surface area is 125 Å². The van der Waals surface area contributed by atoms with E-state index in [9.17, 15) is 4.79 Å². The minimum Gasteiger partial charge on any atom is -0.272 e. The van der Waals surface area contributed by atoms with Gasteiger partial charge in [0.15, 0.2) is 0 Å². The second kappa shape index (κ2) is 6.68. The molecule has 94 valence electrons. The van der Waals surface area contributed by atoms with Gasteiger partial charge < -0.3 is 0 Å². The summed E-state index contributed by atoms with van der Waals surface area (Å²) in [7, 11) is 0. The fraction of sp³-hybridized carbons (Fsp3) is 0.333. The molecule has 0 radical (unpaired) electrons. The van der Waals surface area contributed by atoms with E-state index in [4.69, 9.17) is 17.5 Å². The van der Waals surface area contributed by atoms with Crippen LogP contribution < -0.4 is 5.43 Å². The molecule has 0 unspecified atom stereocenters. The standard InChI is InChI=1S/C9H7N3OS5/c10-2-1-6(13)12-11-5-3-15-7-8(16-4-5)18-9(14)17-7/h1,3-4H2,(H,12,13). The Bertz CT molecular complexity index is 551. The molecule has 0 atom stereocenters. The summed E-state index contributed by atoms with van der Waals surface area (Å²) in [6.45, 7) is 0. The molecule has 1 aromatic rings. The predicted octanol–water partition coefficient (Wildman–Crippen LogP) is 3.12. The highest BCUT2D eigenvalue weighted by Gasteiger charge is 2.16. The molecule has 9 heteroatoms. The molecule has 0 fully saturated rings. The van der Waals surface area contributed by atoms with E-state index in [1.807, 2.05) is 0 Å². The van der Waals surface area contributed by atoms with Crippen molar-refractivity contribution in [2.75, 3.05) is 11.5 Å². The van der Waals surface area contributed by atoms with Crippen LogP contribution in [0.4, 0.5) is 0 Å². The molecule has 0 saturated heterocycles. The molecular weight excluding hydrogens is 326 g/mol. The summed E-state index contributed by atoms with van der Waals surface area (Å²) >= 11 is 11.8. The number of carbonyl (C=O) groups is 1. The van der Waals surface area contributed by atoms with Crippen LogP contribution >= 0.6 is 58.4 Å². The fourth-order valence-electron chi connectivity index (χ4n) is 1.09. The lowest BCUT2D eigenvalue weighted by atomic mass is 10.4. The van der Waals surface area contributed by atoms with E-state index in [-0.39, 0.29) is 12.3 Å². The Kier molecular flexibility index (Phi) is 5.20. The van der Waals surface area contributed by atoms with Gasteiger partial charge in [0.2, 0.25) is 0 Å². The van der Waals surface area contributed by atoms with Gasteiger partial charge in [-0.2, -0.15) is 10.4 Å². The van der Waals surface area contributed by atoms with Crippen LogP contribution in [-0.2, 0) is 4.79 Å². The van der Waals surface area contributed by atoms with E-state index >= 15 is 0 Å². The summed E-state index contributed by atoms with van der Waals surface area (Å²) in [4.78, 5) is 11.1. The molecule has 4 nitrogen and oxygen atoms in total.